The Bertz CT molecular complexity index is 1200. The van der Waals surface area contributed by atoms with Gasteiger partial charge in [-0.15, -0.1) is 0 Å². The molecule has 36 heavy (non-hydrogen) atoms. The zero-order valence-electron chi connectivity index (χ0n) is 20.8. The monoisotopic (exact) mass is 490 g/mol. The molecule has 0 radical (unpaired) electrons. The van der Waals surface area contributed by atoms with Crippen molar-refractivity contribution in [2.75, 3.05) is 13.1 Å². The molecular formula is C27H34N6O3. The van der Waals surface area contributed by atoms with Crippen molar-refractivity contribution in [3.05, 3.63) is 59.5 Å². The topological polar surface area (TPSA) is 129 Å². The number of aromatic nitrogens is 3. The summed E-state index contributed by atoms with van der Waals surface area (Å²) in [7, 11) is 0. The highest BCUT2D eigenvalue weighted by molar-refractivity contribution is 6.04. The van der Waals surface area contributed by atoms with E-state index >= 15 is 0 Å². The number of hydrogen-bond donors (Lipinski definition) is 4. The number of hydrogen-bond acceptors (Lipinski definition) is 5. The van der Waals surface area contributed by atoms with Gasteiger partial charge in [-0.3, -0.25) is 14.4 Å². The Labute approximate surface area is 210 Å². The molecule has 1 aliphatic rings. The molecule has 4 N–H and O–H groups in total. The number of aromatic amines is 1. The molecule has 1 saturated carbocycles. The lowest BCUT2D eigenvalue weighted by Gasteiger charge is -2.19. The van der Waals surface area contributed by atoms with E-state index in [9.17, 15) is 14.4 Å². The standard InChI is InChI=1S/C27H34N6O3/c1-17(2)12-20(26(35)28-11-10-23(34)29-13-18-6-4-3-5-7-18)14-32-27(36)21-15-30-25-24(21)33-22(16-31-25)19-8-9-19/h3-7,15-17,19-20H,8-14H2,1-2H3,(H,28,35)(H,29,34)(H,30,31)(H,32,36). The summed E-state index contributed by atoms with van der Waals surface area (Å²) in [5, 5.41) is 8.61. The van der Waals surface area contributed by atoms with Crippen LogP contribution in [0.15, 0.2) is 42.7 Å². The minimum atomic E-state index is -0.403. The minimum absolute atomic E-state index is 0.126. The number of amides is 3. The molecule has 0 spiro atoms. The molecule has 9 nitrogen and oxygen atoms in total. The number of nitrogens with one attached hydrogen (secondary N) is 4. The highest BCUT2D eigenvalue weighted by Gasteiger charge is 2.27. The number of nitrogens with zero attached hydrogens (tertiary/aromatic N) is 2. The van der Waals surface area contributed by atoms with E-state index in [0.29, 0.717) is 35.6 Å². The largest absolute Gasteiger partial charge is 0.355 e. The number of benzene rings is 1. The Hall–Kier alpha value is -3.75. The molecule has 190 valence electrons. The van der Waals surface area contributed by atoms with Gasteiger partial charge in [-0.2, -0.15) is 0 Å². The number of carbonyl (C=O) groups excluding carboxylic acids is 3. The molecule has 1 unspecified atom stereocenters. The van der Waals surface area contributed by atoms with Crippen LogP contribution in [-0.4, -0.2) is 45.8 Å². The van der Waals surface area contributed by atoms with Gasteiger partial charge < -0.3 is 20.9 Å². The molecule has 0 aliphatic heterocycles. The summed E-state index contributed by atoms with van der Waals surface area (Å²) in [6, 6.07) is 9.67. The minimum Gasteiger partial charge on any atom is -0.355 e. The Kier molecular flexibility index (Phi) is 8.30. The van der Waals surface area contributed by atoms with Crippen LogP contribution >= 0.6 is 0 Å². The fraction of sp³-hybridized carbons (Fsp3) is 0.444. The van der Waals surface area contributed by atoms with Crippen LogP contribution < -0.4 is 16.0 Å². The van der Waals surface area contributed by atoms with E-state index in [1.807, 2.05) is 44.2 Å². The van der Waals surface area contributed by atoms with E-state index in [-0.39, 0.29) is 43.1 Å². The molecule has 0 bridgehead atoms. The summed E-state index contributed by atoms with van der Waals surface area (Å²) in [5.41, 5.74) is 3.50. The lowest BCUT2D eigenvalue weighted by Crippen LogP contribution is -2.40. The van der Waals surface area contributed by atoms with Crippen LogP contribution in [0.3, 0.4) is 0 Å². The van der Waals surface area contributed by atoms with Crippen molar-refractivity contribution in [1.82, 2.24) is 30.9 Å². The molecule has 3 amide bonds. The number of carbonyl (C=O) groups is 3. The maximum absolute atomic E-state index is 12.9. The van der Waals surface area contributed by atoms with Gasteiger partial charge in [0.2, 0.25) is 11.8 Å². The Morgan fingerprint density at radius 2 is 1.86 bits per heavy atom. The highest BCUT2D eigenvalue weighted by Crippen LogP contribution is 2.39. The highest BCUT2D eigenvalue weighted by atomic mass is 16.2. The summed E-state index contributed by atoms with van der Waals surface area (Å²) in [5.74, 6) is -0.280. The molecular weight excluding hydrogens is 456 g/mol. The van der Waals surface area contributed by atoms with Gasteiger partial charge in [0, 0.05) is 38.2 Å². The third-order valence-corrected chi connectivity index (χ3v) is 6.26. The predicted octanol–water partition coefficient (Wildman–Crippen LogP) is 3.05. The fourth-order valence-electron chi connectivity index (χ4n) is 4.15. The second kappa shape index (κ2) is 11.8. The number of H-pyrrole nitrogens is 1. The van der Waals surface area contributed by atoms with Gasteiger partial charge in [-0.05, 0) is 30.7 Å². The summed E-state index contributed by atoms with van der Waals surface area (Å²) in [4.78, 5) is 50.0. The van der Waals surface area contributed by atoms with Crippen LogP contribution in [0.2, 0.25) is 0 Å². The van der Waals surface area contributed by atoms with Gasteiger partial charge in [0.1, 0.15) is 5.52 Å². The third kappa shape index (κ3) is 6.90. The first kappa shape index (κ1) is 25.3. The van der Waals surface area contributed by atoms with Crippen molar-refractivity contribution in [1.29, 1.82) is 0 Å². The van der Waals surface area contributed by atoms with E-state index in [1.165, 1.54) is 0 Å². The molecule has 4 rings (SSSR count). The maximum Gasteiger partial charge on any atom is 0.255 e. The van der Waals surface area contributed by atoms with E-state index in [1.54, 1.807) is 12.4 Å². The van der Waals surface area contributed by atoms with Crippen LogP contribution in [0.4, 0.5) is 0 Å². The zero-order chi connectivity index (χ0) is 25.5. The van der Waals surface area contributed by atoms with Gasteiger partial charge in [0.05, 0.1) is 23.4 Å². The van der Waals surface area contributed by atoms with E-state index < -0.39 is 5.92 Å². The van der Waals surface area contributed by atoms with Crippen molar-refractivity contribution in [3.8, 4) is 0 Å². The SMILES string of the molecule is CC(C)CC(CNC(=O)c1c[nH]c2ncc(C3CC3)nc12)C(=O)NCCC(=O)NCc1ccccc1. The quantitative estimate of drug-likeness (QED) is 0.310. The van der Waals surface area contributed by atoms with Gasteiger partial charge >= 0.3 is 0 Å². The molecule has 9 heteroatoms. The normalized spacial score (nSPS) is 14.0. The van der Waals surface area contributed by atoms with Crippen molar-refractivity contribution < 1.29 is 14.4 Å². The molecule has 2 heterocycles. The first-order chi connectivity index (χ1) is 17.4. The molecule has 1 aliphatic carbocycles. The van der Waals surface area contributed by atoms with Crippen LogP contribution in [-0.2, 0) is 16.1 Å². The Balaban J connectivity index is 1.27. The molecule has 1 fully saturated rings. The molecule has 0 saturated heterocycles. The Morgan fingerprint density at radius 1 is 1.08 bits per heavy atom. The van der Waals surface area contributed by atoms with Crippen LogP contribution in [0.1, 0.15) is 67.1 Å². The summed E-state index contributed by atoms with van der Waals surface area (Å²) < 4.78 is 0. The first-order valence-electron chi connectivity index (χ1n) is 12.6. The number of fused-ring (bicyclic) bond motifs is 1. The van der Waals surface area contributed by atoms with Crippen molar-refractivity contribution in [3.63, 3.8) is 0 Å². The van der Waals surface area contributed by atoms with Crippen LogP contribution in [0.5, 0.6) is 0 Å². The molecule has 1 atom stereocenters. The average Bonchev–Trinajstić information content (AvgIpc) is 3.64. The van der Waals surface area contributed by atoms with Crippen molar-refractivity contribution >= 4 is 28.9 Å². The summed E-state index contributed by atoms with van der Waals surface area (Å²) in [6.07, 6.45) is 6.40. The predicted molar refractivity (Wildman–Crippen MR) is 137 cm³/mol. The molecule has 2 aromatic heterocycles. The molecule has 1 aromatic carbocycles. The molecule has 3 aromatic rings. The second-order valence-corrected chi connectivity index (χ2v) is 9.81. The van der Waals surface area contributed by atoms with E-state index in [4.69, 9.17) is 0 Å². The average molecular weight is 491 g/mol. The van der Waals surface area contributed by atoms with E-state index in [2.05, 4.69) is 30.9 Å². The van der Waals surface area contributed by atoms with Gasteiger partial charge in [0.25, 0.3) is 5.91 Å². The second-order valence-electron chi connectivity index (χ2n) is 9.81. The zero-order valence-corrected chi connectivity index (χ0v) is 20.8. The van der Waals surface area contributed by atoms with Crippen LogP contribution in [0.25, 0.3) is 11.2 Å². The van der Waals surface area contributed by atoms with E-state index in [0.717, 1.165) is 24.1 Å². The van der Waals surface area contributed by atoms with Crippen molar-refractivity contribution in [2.45, 2.75) is 52.0 Å². The summed E-state index contributed by atoms with van der Waals surface area (Å²) >= 11 is 0. The van der Waals surface area contributed by atoms with Gasteiger partial charge in [-0.1, -0.05) is 44.2 Å². The Morgan fingerprint density at radius 3 is 2.58 bits per heavy atom. The lowest BCUT2D eigenvalue weighted by atomic mass is 9.96. The fourth-order valence-corrected chi connectivity index (χ4v) is 4.15. The van der Waals surface area contributed by atoms with Crippen molar-refractivity contribution in [2.24, 2.45) is 11.8 Å². The smallest absolute Gasteiger partial charge is 0.255 e. The first-order valence-corrected chi connectivity index (χ1v) is 12.6. The number of rotatable bonds is 12. The van der Waals surface area contributed by atoms with Gasteiger partial charge in [-0.25, -0.2) is 9.97 Å². The lowest BCUT2D eigenvalue weighted by molar-refractivity contribution is -0.125. The summed E-state index contributed by atoms with van der Waals surface area (Å²) in [6.45, 7) is 4.97. The third-order valence-electron chi connectivity index (χ3n) is 6.26. The maximum atomic E-state index is 12.9. The van der Waals surface area contributed by atoms with Gasteiger partial charge in [0.15, 0.2) is 5.65 Å². The van der Waals surface area contributed by atoms with Crippen LogP contribution in [0, 0.1) is 11.8 Å².